The zero-order chi connectivity index (χ0) is 16.4. The van der Waals surface area contributed by atoms with Crippen LogP contribution in [0.3, 0.4) is 0 Å². The number of hydrogen-bond donors (Lipinski definition) is 2. The Morgan fingerprint density at radius 1 is 1.13 bits per heavy atom. The molecule has 1 spiro atoms. The number of carbonyl (C=O) groups excluding carboxylic acids is 3. The van der Waals surface area contributed by atoms with Crippen molar-refractivity contribution < 1.29 is 14.4 Å². The Labute approximate surface area is 139 Å². The molecule has 122 valence electrons. The summed E-state index contributed by atoms with van der Waals surface area (Å²) in [7, 11) is 0. The molecular formula is C16H18ClN3O3. The SMILES string of the molecule is O=C(Nc1ccc(Cl)cc1)C(=O)N1CCC2(CCNC2=O)CC1. The quantitative estimate of drug-likeness (QED) is 0.762. The molecule has 0 bridgehead atoms. The van der Waals surface area contributed by atoms with Crippen molar-refractivity contribution in [1.29, 1.82) is 0 Å². The van der Waals surface area contributed by atoms with E-state index in [9.17, 15) is 14.4 Å². The lowest BCUT2D eigenvalue weighted by Crippen LogP contribution is -2.49. The van der Waals surface area contributed by atoms with Crippen LogP contribution < -0.4 is 10.6 Å². The van der Waals surface area contributed by atoms with Gasteiger partial charge in [-0.25, -0.2) is 0 Å². The highest BCUT2D eigenvalue weighted by Gasteiger charge is 2.45. The summed E-state index contributed by atoms with van der Waals surface area (Å²) in [6, 6.07) is 6.57. The third-order valence-corrected chi connectivity index (χ3v) is 4.93. The fourth-order valence-electron chi connectivity index (χ4n) is 3.19. The second-order valence-electron chi connectivity index (χ2n) is 6.04. The molecule has 0 atom stereocenters. The Balaban J connectivity index is 1.57. The lowest BCUT2D eigenvalue weighted by atomic mass is 9.77. The zero-order valence-electron chi connectivity index (χ0n) is 12.6. The summed E-state index contributed by atoms with van der Waals surface area (Å²) in [6.45, 7) is 1.56. The molecule has 1 aromatic rings. The van der Waals surface area contributed by atoms with Crippen LogP contribution in [0.25, 0.3) is 0 Å². The molecule has 0 aliphatic carbocycles. The summed E-state index contributed by atoms with van der Waals surface area (Å²) >= 11 is 5.78. The summed E-state index contributed by atoms with van der Waals surface area (Å²) in [5.41, 5.74) is 0.181. The van der Waals surface area contributed by atoms with Gasteiger partial charge in [-0.1, -0.05) is 11.6 Å². The van der Waals surface area contributed by atoms with E-state index in [1.54, 1.807) is 24.3 Å². The molecule has 0 aromatic heterocycles. The lowest BCUT2D eigenvalue weighted by Gasteiger charge is -2.36. The molecule has 7 heteroatoms. The number of likely N-dealkylation sites (tertiary alicyclic amines) is 1. The van der Waals surface area contributed by atoms with Crippen LogP contribution in [0.1, 0.15) is 19.3 Å². The molecule has 2 aliphatic rings. The Morgan fingerprint density at radius 2 is 1.78 bits per heavy atom. The number of rotatable bonds is 1. The first kappa shape index (κ1) is 15.8. The molecule has 2 aliphatic heterocycles. The number of anilines is 1. The van der Waals surface area contributed by atoms with Crippen LogP contribution in [-0.2, 0) is 14.4 Å². The second kappa shape index (κ2) is 6.20. The molecule has 0 radical (unpaired) electrons. The third-order valence-electron chi connectivity index (χ3n) is 4.67. The second-order valence-corrected chi connectivity index (χ2v) is 6.48. The summed E-state index contributed by atoms with van der Waals surface area (Å²) in [5.74, 6) is -1.15. The highest BCUT2D eigenvalue weighted by molar-refractivity contribution is 6.39. The lowest BCUT2D eigenvalue weighted by molar-refractivity contribution is -0.146. The molecule has 6 nitrogen and oxygen atoms in total. The van der Waals surface area contributed by atoms with Crippen LogP contribution in [0.4, 0.5) is 5.69 Å². The Bertz CT molecular complexity index is 636. The summed E-state index contributed by atoms with van der Waals surface area (Å²) in [5, 5.41) is 5.98. The molecule has 1 aromatic carbocycles. The van der Waals surface area contributed by atoms with Crippen LogP contribution >= 0.6 is 11.6 Å². The van der Waals surface area contributed by atoms with Crippen LogP contribution in [0.2, 0.25) is 5.02 Å². The van der Waals surface area contributed by atoms with E-state index >= 15 is 0 Å². The molecule has 0 saturated carbocycles. The van der Waals surface area contributed by atoms with Crippen molar-refractivity contribution in [2.24, 2.45) is 5.41 Å². The van der Waals surface area contributed by atoms with Gasteiger partial charge in [0, 0.05) is 30.3 Å². The van der Waals surface area contributed by atoms with E-state index in [1.807, 2.05) is 0 Å². The molecule has 3 amide bonds. The summed E-state index contributed by atoms with van der Waals surface area (Å²) < 4.78 is 0. The van der Waals surface area contributed by atoms with Crippen LogP contribution in [0.15, 0.2) is 24.3 Å². The van der Waals surface area contributed by atoms with Crippen molar-refractivity contribution in [2.75, 3.05) is 25.0 Å². The van der Waals surface area contributed by atoms with Crippen LogP contribution in [0, 0.1) is 5.41 Å². The van der Waals surface area contributed by atoms with Crippen molar-refractivity contribution in [1.82, 2.24) is 10.2 Å². The van der Waals surface area contributed by atoms with Gasteiger partial charge in [0.25, 0.3) is 0 Å². The van der Waals surface area contributed by atoms with Crippen LogP contribution in [-0.4, -0.2) is 42.3 Å². The van der Waals surface area contributed by atoms with Crippen molar-refractivity contribution in [3.05, 3.63) is 29.3 Å². The first-order valence-corrected chi connectivity index (χ1v) is 8.02. The minimum atomic E-state index is -0.667. The smallest absolute Gasteiger partial charge is 0.313 e. The number of benzene rings is 1. The first-order chi connectivity index (χ1) is 11.0. The predicted octanol–water partition coefficient (Wildman–Crippen LogP) is 1.41. The number of halogens is 1. The van der Waals surface area contributed by atoms with Gasteiger partial charge < -0.3 is 15.5 Å². The zero-order valence-corrected chi connectivity index (χ0v) is 13.4. The van der Waals surface area contributed by atoms with E-state index in [0.29, 0.717) is 43.2 Å². The standard InChI is InChI=1S/C16H18ClN3O3/c17-11-1-3-12(4-2-11)19-13(21)14(22)20-9-6-16(7-10-20)5-8-18-15(16)23/h1-4H,5-10H2,(H,18,23)(H,19,21). The molecule has 2 saturated heterocycles. The highest BCUT2D eigenvalue weighted by Crippen LogP contribution is 2.37. The van der Waals surface area contributed by atoms with E-state index in [0.717, 1.165) is 6.42 Å². The van der Waals surface area contributed by atoms with Gasteiger partial charge in [0.2, 0.25) is 5.91 Å². The van der Waals surface area contributed by atoms with Crippen molar-refractivity contribution in [3.8, 4) is 0 Å². The molecule has 23 heavy (non-hydrogen) atoms. The first-order valence-electron chi connectivity index (χ1n) is 7.64. The predicted molar refractivity (Wildman–Crippen MR) is 86.0 cm³/mol. The molecular weight excluding hydrogens is 318 g/mol. The average molecular weight is 336 g/mol. The highest BCUT2D eigenvalue weighted by atomic mass is 35.5. The Morgan fingerprint density at radius 3 is 2.35 bits per heavy atom. The van der Waals surface area contributed by atoms with Gasteiger partial charge in [0.15, 0.2) is 0 Å². The van der Waals surface area contributed by atoms with E-state index in [4.69, 9.17) is 11.6 Å². The number of carbonyl (C=O) groups is 3. The maximum absolute atomic E-state index is 12.2. The van der Waals surface area contributed by atoms with Gasteiger partial charge in [-0.3, -0.25) is 14.4 Å². The molecule has 2 heterocycles. The largest absolute Gasteiger partial charge is 0.356 e. The van der Waals surface area contributed by atoms with Gasteiger partial charge in [-0.15, -0.1) is 0 Å². The monoisotopic (exact) mass is 335 g/mol. The Kier molecular flexibility index (Phi) is 4.26. The maximum Gasteiger partial charge on any atom is 0.313 e. The molecule has 2 fully saturated rings. The summed E-state index contributed by atoms with van der Waals surface area (Å²) in [4.78, 5) is 37.7. The normalized spacial score (nSPS) is 19.5. The fourth-order valence-corrected chi connectivity index (χ4v) is 3.32. The van der Waals surface area contributed by atoms with Gasteiger partial charge >= 0.3 is 11.8 Å². The van der Waals surface area contributed by atoms with Gasteiger partial charge in [0.1, 0.15) is 0 Å². The van der Waals surface area contributed by atoms with E-state index < -0.39 is 11.8 Å². The molecule has 3 rings (SSSR count). The van der Waals surface area contributed by atoms with Crippen molar-refractivity contribution in [2.45, 2.75) is 19.3 Å². The number of nitrogens with zero attached hydrogens (tertiary/aromatic N) is 1. The fraction of sp³-hybridized carbons (Fsp3) is 0.438. The minimum Gasteiger partial charge on any atom is -0.356 e. The van der Waals surface area contributed by atoms with Crippen molar-refractivity contribution >= 4 is 35.0 Å². The topological polar surface area (TPSA) is 78.5 Å². The van der Waals surface area contributed by atoms with Gasteiger partial charge in [0.05, 0.1) is 5.41 Å². The number of amides is 3. The third kappa shape index (κ3) is 3.17. The van der Waals surface area contributed by atoms with E-state index in [2.05, 4.69) is 10.6 Å². The van der Waals surface area contributed by atoms with E-state index in [1.165, 1.54) is 4.90 Å². The van der Waals surface area contributed by atoms with Gasteiger partial charge in [-0.05, 0) is 43.5 Å². The van der Waals surface area contributed by atoms with Crippen molar-refractivity contribution in [3.63, 3.8) is 0 Å². The summed E-state index contributed by atoms with van der Waals surface area (Å²) in [6.07, 6.45) is 2.03. The Hall–Kier alpha value is -2.08. The maximum atomic E-state index is 12.2. The molecule has 2 N–H and O–H groups in total. The van der Waals surface area contributed by atoms with Crippen LogP contribution in [0.5, 0.6) is 0 Å². The van der Waals surface area contributed by atoms with Gasteiger partial charge in [-0.2, -0.15) is 0 Å². The van der Waals surface area contributed by atoms with E-state index in [-0.39, 0.29) is 11.3 Å². The number of piperidine rings is 1. The minimum absolute atomic E-state index is 0.0789. The number of hydrogen-bond acceptors (Lipinski definition) is 3. The number of nitrogens with one attached hydrogen (secondary N) is 2. The average Bonchev–Trinajstić information content (AvgIpc) is 2.90. The molecule has 0 unspecified atom stereocenters.